The lowest BCUT2D eigenvalue weighted by atomic mass is 10.1. The van der Waals surface area contributed by atoms with Crippen LogP contribution in [0.5, 0.6) is 17.2 Å². The molecule has 0 spiro atoms. The van der Waals surface area contributed by atoms with Crippen molar-refractivity contribution < 1.29 is 24.0 Å². The number of nitrogens with zero attached hydrogens (tertiary/aromatic N) is 2. The molecule has 3 rings (SSSR count). The lowest BCUT2D eigenvalue weighted by Gasteiger charge is -2.25. The van der Waals surface area contributed by atoms with Gasteiger partial charge in [-0.3, -0.25) is 19.7 Å². The molecule has 188 valence electrons. The average Bonchev–Trinajstić information content (AvgIpc) is 2.84. The van der Waals surface area contributed by atoms with E-state index in [9.17, 15) is 19.7 Å². The largest absolute Gasteiger partial charge is 0.454 e. The molecular weight excluding hydrogens is 507 g/mol. The summed E-state index contributed by atoms with van der Waals surface area (Å²) in [5.41, 5.74) is 0.635. The van der Waals surface area contributed by atoms with E-state index in [1.807, 2.05) is 30.3 Å². The van der Waals surface area contributed by atoms with Gasteiger partial charge in [0.05, 0.1) is 27.6 Å². The zero-order chi connectivity index (χ0) is 26.4. The number of carbonyl (C=O) groups excluding carboxylic acids is 2. The Bertz CT molecular complexity index is 1260. The number of rotatable bonds is 9. The molecule has 10 heteroatoms. The first-order chi connectivity index (χ1) is 17.1. The van der Waals surface area contributed by atoms with E-state index in [4.69, 9.17) is 32.7 Å². The lowest BCUT2D eigenvalue weighted by Crippen LogP contribution is -2.34. The fourth-order valence-corrected chi connectivity index (χ4v) is 3.86. The minimum Gasteiger partial charge on any atom is -0.454 e. The van der Waals surface area contributed by atoms with Crippen molar-refractivity contribution in [3.8, 4) is 17.2 Å². The molecule has 36 heavy (non-hydrogen) atoms. The van der Waals surface area contributed by atoms with Crippen molar-refractivity contribution in [2.24, 2.45) is 5.92 Å². The summed E-state index contributed by atoms with van der Waals surface area (Å²) in [6, 6.07) is 16.1. The molecule has 0 aliphatic carbocycles. The molecule has 3 aromatic carbocycles. The molecule has 0 aliphatic heterocycles. The summed E-state index contributed by atoms with van der Waals surface area (Å²) >= 11 is 12.5. The smallest absolute Gasteiger partial charge is 0.310 e. The number of amides is 1. The van der Waals surface area contributed by atoms with E-state index in [1.54, 1.807) is 20.8 Å². The fourth-order valence-electron chi connectivity index (χ4n) is 3.32. The van der Waals surface area contributed by atoms with Crippen molar-refractivity contribution in [1.29, 1.82) is 0 Å². The van der Waals surface area contributed by atoms with Crippen molar-refractivity contribution in [1.82, 2.24) is 0 Å². The van der Waals surface area contributed by atoms with E-state index < -0.39 is 10.9 Å². The Labute approximate surface area is 218 Å². The van der Waals surface area contributed by atoms with Crippen LogP contribution in [-0.4, -0.2) is 16.8 Å². The van der Waals surface area contributed by atoms with E-state index in [2.05, 4.69) is 0 Å². The highest BCUT2D eigenvalue weighted by Crippen LogP contribution is 2.42. The summed E-state index contributed by atoms with van der Waals surface area (Å²) in [5.74, 6) is -0.839. The maximum Gasteiger partial charge on any atom is 0.310 e. The Morgan fingerprint density at radius 3 is 2.19 bits per heavy atom. The van der Waals surface area contributed by atoms with Gasteiger partial charge in [0.15, 0.2) is 5.75 Å². The molecule has 0 atom stereocenters. The standard InChI is InChI=1S/C26H24Cl2N2O6/c1-4-24(31)35-19-12-20(27)25(21(28)13-19)36-18-10-11-22(23(14-18)30(33)34)29(26(32)16(2)3)15-17-8-6-5-7-9-17/h5-14,16H,4,15H2,1-3H3. The molecule has 0 heterocycles. The van der Waals surface area contributed by atoms with E-state index in [-0.39, 0.29) is 63.5 Å². The minimum absolute atomic E-state index is 0.0380. The Hall–Kier alpha value is -3.62. The number of halogens is 2. The van der Waals surface area contributed by atoms with Gasteiger partial charge in [0.25, 0.3) is 5.69 Å². The van der Waals surface area contributed by atoms with Crippen LogP contribution < -0.4 is 14.4 Å². The van der Waals surface area contributed by atoms with Crippen molar-refractivity contribution >= 4 is 46.5 Å². The van der Waals surface area contributed by atoms with Gasteiger partial charge in [-0.25, -0.2) is 0 Å². The summed E-state index contributed by atoms with van der Waals surface area (Å²) in [7, 11) is 0. The Morgan fingerprint density at radius 1 is 1.00 bits per heavy atom. The molecule has 0 N–H and O–H groups in total. The third-order valence-electron chi connectivity index (χ3n) is 5.09. The maximum atomic E-state index is 13.0. The number of carbonyl (C=O) groups is 2. The normalized spacial score (nSPS) is 10.7. The van der Waals surface area contributed by atoms with E-state index in [0.29, 0.717) is 0 Å². The van der Waals surface area contributed by atoms with Crippen molar-refractivity contribution in [3.63, 3.8) is 0 Å². The zero-order valence-corrected chi connectivity index (χ0v) is 21.4. The molecule has 0 radical (unpaired) electrons. The van der Waals surface area contributed by atoms with Crippen LogP contribution in [-0.2, 0) is 16.1 Å². The van der Waals surface area contributed by atoms with Crippen LogP contribution >= 0.6 is 23.2 Å². The van der Waals surface area contributed by atoms with Crippen LogP contribution in [0.4, 0.5) is 11.4 Å². The van der Waals surface area contributed by atoms with E-state index >= 15 is 0 Å². The number of ether oxygens (including phenoxy) is 2. The fraction of sp³-hybridized carbons (Fsp3) is 0.231. The number of nitro benzene ring substituents is 1. The number of hydrogen-bond donors (Lipinski definition) is 0. The van der Waals surface area contributed by atoms with Crippen molar-refractivity contribution in [2.75, 3.05) is 4.90 Å². The molecule has 0 saturated heterocycles. The van der Waals surface area contributed by atoms with Gasteiger partial charge < -0.3 is 14.4 Å². The van der Waals surface area contributed by atoms with Crippen LogP contribution in [0.1, 0.15) is 32.8 Å². The first-order valence-corrected chi connectivity index (χ1v) is 11.9. The van der Waals surface area contributed by atoms with Gasteiger partial charge in [0.2, 0.25) is 5.91 Å². The molecule has 0 aliphatic rings. The summed E-state index contributed by atoms with van der Waals surface area (Å²) in [6.07, 6.45) is 0.171. The van der Waals surface area contributed by atoms with Crippen LogP contribution in [0.2, 0.25) is 10.0 Å². The van der Waals surface area contributed by atoms with Crippen LogP contribution in [0.3, 0.4) is 0 Å². The molecule has 3 aromatic rings. The second-order valence-electron chi connectivity index (χ2n) is 8.12. The number of esters is 1. The SMILES string of the molecule is CCC(=O)Oc1cc(Cl)c(Oc2ccc(N(Cc3ccccc3)C(=O)C(C)C)c([N+](=O)[O-])c2)c(Cl)c1. The van der Waals surface area contributed by atoms with Gasteiger partial charge in [0.1, 0.15) is 17.2 Å². The number of anilines is 1. The predicted molar refractivity (Wildman–Crippen MR) is 138 cm³/mol. The highest BCUT2D eigenvalue weighted by molar-refractivity contribution is 6.37. The Morgan fingerprint density at radius 2 is 1.64 bits per heavy atom. The second kappa shape index (κ2) is 11.9. The molecule has 8 nitrogen and oxygen atoms in total. The molecule has 0 saturated carbocycles. The van der Waals surface area contributed by atoms with Gasteiger partial charge in [-0.2, -0.15) is 0 Å². The summed E-state index contributed by atoms with van der Waals surface area (Å²) in [4.78, 5) is 37.4. The van der Waals surface area contributed by atoms with Crippen LogP contribution in [0, 0.1) is 16.0 Å². The van der Waals surface area contributed by atoms with Gasteiger partial charge in [-0.05, 0) is 17.7 Å². The number of benzene rings is 3. The third kappa shape index (κ3) is 6.53. The molecule has 0 aromatic heterocycles. The molecular formula is C26H24Cl2N2O6. The lowest BCUT2D eigenvalue weighted by molar-refractivity contribution is -0.384. The predicted octanol–water partition coefficient (Wildman–Crippen LogP) is 7.20. The van der Waals surface area contributed by atoms with E-state index in [1.165, 1.54) is 35.2 Å². The first kappa shape index (κ1) is 27.0. The third-order valence-corrected chi connectivity index (χ3v) is 5.65. The second-order valence-corrected chi connectivity index (χ2v) is 8.93. The maximum absolute atomic E-state index is 13.0. The molecule has 0 unspecified atom stereocenters. The summed E-state index contributed by atoms with van der Waals surface area (Å²) in [5, 5.41) is 12.1. The average molecular weight is 531 g/mol. The highest BCUT2D eigenvalue weighted by Gasteiger charge is 2.27. The summed E-state index contributed by atoms with van der Waals surface area (Å²) in [6.45, 7) is 5.27. The first-order valence-electron chi connectivity index (χ1n) is 11.1. The Kier molecular flexibility index (Phi) is 8.90. The number of hydrogen-bond acceptors (Lipinski definition) is 6. The van der Waals surface area contributed by atoms with E-state index in [0.717, 1.165) is 5.56 Å². The Balaban J connectivity index is 1.98. The van der Waals surface area contributed by atoms with Crippen molar-refractivity contribution in [3.05, 3.63) is 86.4 Å². The highest BCUT2D eigenvalue weighted by atomic mass is 35.5. The van der Waals surface area contributed by atoms with Crippen LogP contribution in [0.25, 0.3) is 0 Å². The van der Waals surface area contributed by atoms with Gasteiger partial charge in [-0.1, -0.05) is 74.3 Å². The molecule has 0 bridgehead atoms. The van der Waals surface area contributed by atoms with Crippen LogP contribution in [0.15, 0.2) is 60.7 Å². The topological polar surface area (TPSA) is 99.0 Å². The minimum atomic E-state index is -0.579. The van der Waals surface area contributed by atoms with Crippen molar-refractivity contribution in [2.45, 2.75) is 33.7 Å². The monoisotopic (exact) mass is 530 g/mol. The molecule has 0 fully saturated rings. The van der Waals surface area contributed by atoms with Gasteiger partial charge in [-0.15, -0.1) is 0 Å². The van der Waals surface area contributed by atoms with Gasteiger partial charge >= 0.3 is 5.97 Å². The zero-order valence-electron chi connectivity index (χ0n) is 19.9. The summed E-state index contributed by atoms with van der Waals surface area (Å²) < 4.78 is 10.9. The van der Waals surface area contributed by atoms with Gasteiger partial charge in [0, 0.05) is 24.5 Å². The molecule has 1 amide bonds. The quantitative estimate of drug-likeness (QED) is 0.125. The number of nitro groups is 1.